The molecule has 0 amide bonds. The van der Waals surface area contributed by atoms with Gasteiger partial charge in [0.15, 0.2) is 0 Å². The first-order valence-corrected chi connectivity index (χ1v) is 6.94. The zero-order chi connectivity index (χ0) is 14.5. The molecule has 0 saturated heterocycles. The highest BCUT2D eigenvalue weighted by Crippen LogP contribution is 2.20. The predicted molar refractivity (Wildman–Crippen MR) is 79.8 cm³/mol. The number of aliphatic hydroxyl groups is 1. The Hall–Kier alpha value is -1.06. The Bertz CT molecular complexity index is 367. The summed E-state index contributed by atoms with van der Waals surface area (Å²) in [6, 6.07) is 8.22. The Morgan fingerprint density at radius 3 is 2.26 bits per heavy atom. The maximum absolute atomic E-state index is 9.91. The molecule has 108 valence electrons. The summed E-state index contributed by atoms with van der Waals surface area (Å²) in [6.07, 6.45) is 0. The van der Waals surface area contributed by atoms with Crippen molar-refractivity contribution in [1.29, 1.82) is 0 Å². The lowest BCUT2D eigenvalue weighted by atomic mass is 9.99. The fourth-order valence-corrected chi connectivity index (χ4v) is 2.28. The molecular weight excluding hydrogens is 238 g/mol. The fraction of sp³-hybridized carbons (Fsp3) is 0.625. The molecule has 1 atom stereocenters. The van der Waals surface area contributed by atoms with E-state index >= 15 is 0 Å². The van der Waals surface area contributed by atoms with Gasteiger partial charge in [0.25, 0.3) is 0 Å². The van der Waals surface area contributed by atoms with Crippen molar-refractivity contribution in [1.82, 2.24) is 4.90 Å². The third kappa shape index (κ3) is 5.62. The Morgan fingerprint density at radius 2 is 1.84 bits per heavy atom. The molecule has 0 bridgehead atoms. The van der Waals surface area contributed by atoms with Gasteiger partial charge >= 0.3 is 0 Å². The first-order valence-electron chi connectivity index (χ1n) is 6.94. The van der Waals surface area contributed by atoms with E-state index in [4.69, 9.17) is 4.74 Å². The number of rotatable bonds is 7. The lowest BCUT2D eigenvalue weighted by Crippen LogP contribution is -2.40. The number of benzene rings is 1. The largest absolute Gasteiger partial charge is 0.497 e. The molecule has 0 heterocycles. The SMILES string of the molecule is CCN(CC(C)c1ccc(OC)cc1)CC(C)(C)O. The van der Waals surface area contributed by atoms with Crippen molar-refractivity contribution in [3.05, 3.63) is 29.8 Å². The van der Waals surface area contributed by atoms with Gasteiger partial charge in [-0.05, 0) is 44.0 Å². The number of hydrogen-bond donors (Lipinski definition) is 1. The van der Waals surface area contributed by atoms with Crippen LogP contribution in [0.3, 0.4) is 0 Å². The normalized spacial score (nSPS) is 13.6. The summed E-state index contributed by atoms with van der Waals surface area (Å²) >= 11 is 0. The zero-order valence-electron chi connectivity index (χ0n) is 12.8. The topological polar surface area (TPSA) is 32.7 Å². The van der Waals surface area contributed by atoms with Crippen LogP contribution in [0, 0.1) is 0 Å². The molecular formula is C16H27NO2. The minimum atomic E-state index is -0.643. The van der Waals surface area contributed by atoms with Gasteiger partial charge in [-0.3, -0.25) is 0 Å². The minimum absolute atomic E-state index is 0.438. The van der Waals surface area contributed by atoms with E-state index in [1.807, 2.05) is 26.0 Å². The number of hydrogen-bond acceptors (Lipinski definition) is 3. The standard InChI is InChI=1S/C16H27NO2/c1-6-17(12-16(3,4)18)11-13(2)14-7-9-15(19-5)10-8-14/h7-10,13,18H,6,11-12H2,1-5H3. The van der Waals surface area contributed by atoms with Crippen molar-refractivity contribution in [2.45, 2.75) is 39.2 Å². The van der Waals surface area contributed by atoms with Gasteiger partial charge in [-0.15, -0.1) is 0 Å². The molecule has 1 aromatic rings. The molecule has 3 nitrogen and oxygen atoms in total. The Morgan fingerprint density at radius 1 is 1.26 bits per heavy atom. The van der Waals surface area contributed by atoms with Crippen molar-refractivity contribution in [2.75, 3.05) is 26.7 Å². The summed E-state index contributed by atoms with van der Waals surface area (Å²) in [5.41, 5.74) is 0.658. The van der Waals surface area contributed by atoms with E-state index in [0.717, 1.165) is 18.8 Å². The van der Waals surface area contributed by atoms with Crippen molar-refractivity contribution in [2.24, 2.45) is 0 Å². The number of methoxy groups -OCH3 is 1. The van der Waals surface area contributed by atoms with Gasteiger partial charge in [-0.2, -0.15) is 0 Å². The molecule has 1 unspecified atom stereocenters. The van der Waals surface area contributed by atoms with Crippen molar-refractivity contribution in [3.63, 3.8) is 0 Å². The Balaban J connectivity index is 2.63. The highest BCUT2D eigenvalue weighted by Gasteiger charge is 2.19. The first-order chi connectivity index (χ1) is 8.85. The highest BCUT2D eigenvalue weighted by atomic mass is 16.5. The molecule has 1 aromatic carbocycles. The second-order valence-electron chi connectivity index (χ2n) is 5.81. The van der Waals surface area contributed by atoms with Crippen LogP contribution >= 0.6 is 0 Å². The molecule has 0 saturated carbocycles. The van der Waals surface area contributed by atoms with Crippen molar-refractivity contribution >= 4 is 0 Å². The number of ether oxygens (including phenoxy) is 1. The van der Waals surface area contributed by atoms with Gasteiger partial charge in [0.2, 0.25) is 0 Å². The van der Waals surface area contributed by atoms with E-state index in [-0.39, 0.29) is 0 Å². The number of nitrogens with zero attached hydrogens (tertiary/aromatic N) is 1. The van der Waals surface area contributed by atoms with E-state index in [1.54, 1.807) is 7.11 Å². The first kappa shape index (κ1) is 16.0. The second kappa shape index (κ2) is 6.92. The predicted octanol–water partition coefficient (Wildman–Crippen LogP) is 2.89. The molecule has 0 aromatic heterocycles. The van der Waals surface area contributed by atoms with Gasteiger partial charge in [0.1, 0.15) is 5.75 Å². The molecule has 3 heteroatoms. The summed E-state index contributed by atoms with van der Waals surface area (Å²) in [5, 5.41) is 9.91. The zero-order valence-corrected chi connectivity index (χ0v) is 12.8. The molecule has 0 fully saturated rings. The molecule has 1 N–H and O–H groups in total. The van der Waals surface area contributed by atoms with Gasteiger partial charge in [0.05, 0.1) is 12.7 Å². The smallest absolute Gasteiger partial charge is 0.118 e. The number of likely N-dealkylation sites (N-methyl/N-ethyl adjacent to an activating group) is 1. The minimum Gasteiger partial charge on any atom is -0.497 e. The van der Waals surface area contributed by atoms with E-state index < -0.39 is 5.60 Å². The third-order valence-electron chi connectivity index (χ3n) is 3.27. The lowest BCUT2D eigenvalue weighted by Gasteiger charge is -2.30. The van der Waals surface area contributed by atoms with Crippen LogP contribution in [0.4, 0.5) is 0 Å². The van der Waals surface area contributed by atoms with Crippen LogP contribution in [-0.4, -0.2) is 42.4 Å². The maximum atomic E-state index is 9.91. The summed E-state index contributed by atoms with van der Waals surface area (Å²) in [5.74, 6) is 1.33. The maximum Gasteiger partial charge on any atom is 0.118 e. The fourth-order valence-electron chi connectivity index (χ4n) is 2.28. The van der Waals surface area contributed by atoms with Crippen LogP contribution in [0.1, 0.15) is 39.2 Å². The Labute approximate surface area is 117 Å². The average Bonchev–Trinajstić information content (AvgIpc) is 2.36. The van der Waals surface area contributed by atoms with Gasteiger partial charge in [-0.25, -0.2) is 0 Å². The quantitative estimate of drug-likeness (QED) is 0.823. The Kier molecular flexibility index (Phi) is 5.83. The highest BCUT2D eigenvalue weighted by molar-refractivity contribution is 5.29. The van der Waals surface area contributed by atoms with Crippen LogP contribution in [0.2, 0.25) is 0 Å². The van der Waals surface area contributed by atoms with Crippen LogP contribution in [-0.2, 0) is 0 Å². The molecule has 0 radical (unpaired) electrons. The monoisotopic (exact) mass is 265 g/mol. The molecule has 0 aliphatic rings. The average molecular weight is 265 g/mol. The van der Waals surface area contributed by atoms with Crippen LogP contribution < -0.4 is 4.74 Å². The van der Waals surface area contributed by atoms with E-state index in [2.05, 4.69) is 30.9 Å². The van der Waals surface area contributed by atoms with E-state index in [0.29, 0.717) is 12.5 Å². The molecule has 0 aliphatic heterocycles. The van der Waals surface area contributed by atoms with Crippen LogP contribution in [0.5, 0.6) is 5.75 Å². The van der Waals surface area contributed by atoms with Crippen LogP contribution in [0.15, 0.2) is 24.3 Å². The van der Waals surface area contributed by atoms with Crippen LogP contribution in [0.25, 0.3) is 0 Å². The molecule has 0 aliphatic carbocycles. The second-order valence-corrected chi connectivity index (χ2v) is 5.81. The summed E-state index contributed by atoms with van der Waals surface area (Å²) in [6.45, 7) is 10.7. The van der Waals surface area contributed by atoms with Crippen molar-refractivity contribution in [3.8, 4) is 5.75 Å². The molecule has 1 rings (SSSR count). The van der Waals surface area contributed by atoms with Crippen molar-refractivity contribution < 1.29 is 9.84 Å². The lowest BCUT2D eigenvalue weighted by molar-refractivity contribution is 0.0364. The van der Waals surface area contributed by atoms with Gasteiger partial charge < -0.3 is 14.7 Å². The molecule has 19 heavy (non-hydrogen) atoms. The van der Waals surface area contributed by atoms with Gasteiger partial charge in [0, 0.05) is 13.1 Å². The van der Waals surface area contributed by atoms with Gasteiger partial charge in [-0.1, -0.05) is 26.0 Å². The summed E-state index contributed by atoms with van der Waals surface area (Å²) in [7, 11) is 1.68. The summed E-state index contributed by atoms with van der Waals surface area (Å²) in [4.78, 5) is 2.29. The van der Waals surface area contributed by atoms with E-state index in [9.17, 15) is 5.11 Å². The van der Waals surface area contributed by atoms with E-state index in [1.165, 1.54) is 5.56 Å². The molecule has 0 spiro atoms. The summed E-state index contributed by atoms with van der Waals surface area (Å²) < 4.78 is 5.17. The third-order valence-corrected chi connectivity index (χ3v) is 3.27.